The van der Waals surface area contributed by atoms with Crippen molar-refractivity contribution in [1.82, 2.24) is 15.2 Å². The monoisotopic (exact) mass is 419 g/mol. The number of aromatic nitrogens is 3. The number of benzene rings is 3. The van der Waals surface area contributed by atoms with Crippen LogP contribution in [-0.4, -0.2) is 15.2 Å². The standard InChI is InChI=1S/C27H21N3O2/c1-19-29-30-27(32-19)25(17-20-7-3-2-4-8-20)21-12-15-24(16-13-21)31-18-23-14-11-22-9-5-6-10-26(22)28-23/h2-17H,18H2,1H3/b25-17+. The minimum Gasteiger partial charge on any atom is -0.487 e. The van der Waals surface area contributed by atoms with Crippen LogP contribution in [-0.2, 0) is 6.61 Å². The van der Waals surface area contributed by atoms with Gasteiger partial charge >= 0.3 is 0 Å². The summed E-state index contributed by atoms with van der Waals surface area (Å²) in [5, 5.41) is 9.33. The molecule has 0 bridgehead atoms. The molecule has 0 aliphatic rings. The Kier molecular flexibility index (Phi) is 5.45. The van der Waals surface area contributed by atoms with Gasteiger partial charge in [0.25, 0.3) is 0 Å². The number of hydrogen-bond acceptors (Lipinski definition) is 5. The summed E-state index contributed by atoms with van der Waals surface area (Å²) in [4.78, 5) is 4.66. The predicted molar refractivity (Wildman–Crippen MR) is 125 cm³/mol. The van der Waals surface area contributed by atoms with Gasteiger partial charge in [0.2, 0.25) is 11.8 Å². The first-order chi connectivity index (χ1) is 15.7. The minimum atomic E-state index is 0.403. The van der Waals surface area contributed by atoms with Gasteiger partial charge in [-0.25, -0.2) is 4.98 Å². The average molecular weight is 419 g/mol. The Hall–Kier alpha value is -4.25. The average Bonchev–Trinajstić information content (AvgIpc) is 3.28. The van der Waals surface area contributed by atoms with Crippen molar-refractivity contribution in [3.63, 3.8) is 0 Å². The van der Waals surface area contributed by atoms with E-state index in [1.807, 2.05) is 84.9 Å². The summed E-state index contributed by atoms with van der Waals surface area (Å²) < 4.78 is 11.7. The normalized spacial score (nSPS) is 11.6. The van der Waals surface area contributed by atoms with Crippen LogP contribution in [0.4, 0.5) is 0 Å². The molecule has 0 saturated carbocycles. The van der Waals surface area contributed by atoms with E-state index in [9.17, 15) is 0 Å². The van der Waals surface area contributed by atoms with E-state index in [0.29, 0.717) is 18.4 Å². The van der Waals surface area contributed by atoms with Gasteiger partial charge in [0.1, 0.15) is 12.4 Å². The molecular formula is C27H21N3O2. The largest absolute Gasteiger partial charge is 0.487 e. The molecule has 5 nitrogen and oxygen atoms in total. The molecule has 0 aliphatic carbocycles. The van der Waals surface area contributed by atoms with Crippen LogP contribution in [0, 0.1) is 6.92 Å². The highest BCUT2D eigenvalue weighted by Gasteiger charge is 2.13. The van der Waals surface area contributed by atoms with Gasteiger partial charge in [-0.1, -0.05) is 66.7 Å². The van der Waals surface area contributed by atoms with Crippen LogP contribution < -0.4 is 4.74 Å². The second kappa shape index (κ2) is 8.86. The number of fused-ring (bicyclic) bond motifs is 1. The van der Waals surface area contributed by atoms with Crippen LogP contribution in [0.15, 0.2) is 95.4 Å². The molecule has 156 valence electrons. The molecule has 0 fully saturated rings. The lowest BCUT2D eigenvalue weighted by Crippen LogP contribution is -1.98. The van der Waals surface area contributed by atoms with Crippen LogP contribution in [0.25, 0.3) is 22.6 Å². The second-order valence-electron chi connectivity index (χ2n) is 7.40. The summed E-state index contributed by atoms with van der Waals surface area (Å²) in [5.41, 5.74) is 4.74. The molecule has 5 aromatic rings. The quantitative estimate of drug-likeness (QED) is 0.312. The maximum Gasteiger partial charge on any atom is 0.248 e. The fourth-order valence-electron chi connectivity index (χ4n) is 3.47. The minimum absolute atomic E-state index is 0.403. The molecular weight excluding hydrogens is 398 g/mol. The Morgan fingerprint density at radius 1 is 0.844 bits per heavy atom. The molecule has 0 radical (unpaired) electrons. The van der Waals surface area contributed by atoms with E-state index in [1.165, 1.54) is 0 Å². The van der Waals surface area contributed by atoms with E-state index >= 15 is 0 Å². The third-order valence-electron chi connectivity index (χ3n) is 5.08. The Balaban J connectivity index is 1.37. The van der Waals surface area contributed by atoms with Gasteiger partial charge in [-0.15, -0.1) is 10.2 Å². The van der Waals surface area contributed by atoms with Crippen LogP contribution >= 0.6 is 0 Å². The van der Waals surface area contributed by atoms with Crippen LogP contribution in [0.3, 0.4) is 0 Å². The number of nitrogens with zero attached hydrogens (tertiary/aromatic N) is 3. The van der Waals surface area contributed by atoms with Gasteiger partial charge in [-0.2, -0.15) is 0 Å². The highest BCUT2D eigenvalue weighted by molar-refractivity contribution is 5.88. The van der Waals surface area contributed by atoms with Crippen LogP contribution in [0.2, 0.25) is 0 Å². The Bertz CT molecular complexity index is 1370. The van der Waals surface area contributed by atoms with E-state index in [0.717, 1.165) is 39.0 Å². The van der Waals surface area contributed by atoms with Gasteiger partial charge < -0.3 is 9.15 Å². The van der Waals surface area contributed by atoms with Gasteiger partial charge in [-0.3, -0.25) is 0 Å². The van der Waals surface area contributed by atoms with Crippen LogP contribution in [0.1, 0.15) is 28.6 Å². The van der Waals surface area contributed by atoms with Crippen molar-refractivity contribution in [2.45, 2.75) is 13.5 Å². The van der Waals surface area contributed by atoms with Crippen molar-refractivity contribution in [1.29, 1.82) is 0 Å². The highest BCUT2D eigenvalue weighted by atomic mass is 16.5. The molecule has 0 atom stereocenters. The maximum atomic E-state index is 5.97. The van der Waals surface area contributed by atoms with E-state index in [-0.39, 0.29) is 0 Å². The lowest BCUT2D eigenvalue weighted by Gasteiger charge is -2.09. The summed E-state index contributed by atoms with van der Waals surface area (Å²) in [5.74, 6) is 1.78. The molecule has 2 heterocycles. The van der Waals surface area contributed by atoms with E-state index in [4.69, 9.17) is 9.15 Å². The molecule has 0 N–H and O–H groups in total. The van der Waals surface area contributed by atoms with Gasteiger partial charge in [0.15, 0.2) is 0 Å². The van der Waals surface area contributed by atoms with E-state index in [1.54, 1.807) is 6.92 Å². The zero-order valence-electron chi connectivity index (χ0n) is 17.6. The lowest BCUT2D eigenvalue weighted by molar-refractivity contribution is 0.302. The second-order valence-corrected chi connectivity index (χ2v) is 7.40. The molecule has 3 aromatic carbocycles. The molecule has 32 heavy (non-hydrogen) atoms. The zero-order valence-corrected chi connectivity index (χ0v) is 17.6. The molecule has 0 unspecified atom stereocenters. The molecule has 0 spiro atoms. The summed E-state index contributed by atoms with van der Waals surface area (Å²) in [6.07, 6.45) is 2.04. The molecule has 0 aliphatic heterocycles. The smallest absolute Gasteiger partial charge is 0.248 e. The number of hydrogen-bond donors (Lipinski definition) is 0. The van der Waals surface area contributed by atoms with Crippen molar-refractivity contribution in [2.24, 2.45) is 0 Å². The number of pyridine rings is 1. The predicted octanol–water partition coefficient (Wildman–Crippen LogP) is 6.09. The maximum absolute atomic E-state index is 5.97. The lowest BCUT2D eigenvalue weighted by atomic mass is 10.0. The highest BCUT2D eigenvalue weighted by Crippen LogP contribution is 2.27. The number of para-hydroxylation sites is 1. The number of aryl methyl sites for hydroxylation is 1. The SMILES string of the molecule is Cc1nnc(/C(=C/c2ccccc2)c2ccc(OCc3ccc4ccccc4n3)cc2)o1. The summed E-state index contributed by atoms with van der Waals surface area (Å²) in [7, 11) is 0. The first kappa shape index (κ1) is 19.7. The van der Waals surface area contributed by atoms with Crippen molar-refractivity contribution in [3.8, 4) is 5.75 Å². The Labute approximate surface area is 186 Å². The third kappa shape index (κ3) is 4.42. The van der Waals surface area contributed by atoms with Gasteiger partial charge in [-0.05, 0) is 41.5 Å². The molecule has 5 heteroatoms. The van der Waals surface area contributed by atoms with Crippen molar-refractivity contribution in [2.75, 3.05) is 0 Å². The van der Waals surface area contributed by atoms with E-state index < -0.39 is 0 Å². The van der Waals surface area contributed by atoms with Crippen molar-refractivity contribution < 1.29 is 9.15 Å². The third-order valence-corrected chi connectivity index (χ3v) is 5.08. The van der Waals surface area contributed by atoms with Crippen LogP contribution in [0.5, 0.6) is 5.75 Å². The fraction of sp³-hybridized carbons (Fsp3) is 0.0741. The summed E-state index contributed by atoms with van der Waals surface area (Å²) in [6.45, 7) is 2.19. The fourth-order valence-corrected chi connectivity index (χ4v) is 3.47. The molecule has 0 amide bonds. The molecule has 5 rings (SSSR count). The van der Waals surface area contributed by atoms with E-state index in [2.05, 4.69) is 27.3 Å². The summed E-state index contributed by atoms with van der Waals surface area (Å²) in [6, 6.07) is 30.1. The Morgan fingerprint density at radius 3 is 2.41 bits per heavy atom. The number of ether oxygens (including phenoxy) is 1. The first-order valence-electron chi connectivity index (χ1n) is 10.4. The summed E-state index contributed by atoms with van der Waals surface area (Å²) >= 11 is 0. The van der Waals surface area contributed by atoms with Gasteiger partial charge in [0, 0.05) is 17.9 Å². The van der Waals surface area contributed by atoms with Gasteiger partial charge in [0.05, 0.1) is 11.2 Å². The Morgan fingerprint density at radius 2 is 1.62 bits per heavy atom. The van der Waals surface area contributed by atoms with Crippen molar-refractivity contribution >= 4 is 22.6 Å². The first-order valence-corrected chi connectivity index (χ1v) is 10.4. The molecule has 0 saturated heterocycles. The topological polar surface area (TPSA) is 61.0 Å². The van der Waals surface area contributed by atoms with Crippen molar-refractivity contribution in [3.05, 3.63) is 120 Å². The zero-order chi connectivity index (χ0) is 21.8. The number of rotatable bonds is 6. The molecule has 2 aromatic heterocycles.